The second kappa shape index (κ2) is 30.2. The molecule has 3 heterocycles. The van der Waals surface area contributed by atoms with Crippen molar-refractivity contribution in [3.8, 4) is 12.3 Å². The first-order valence-corrected chi connectivity index (χ1v) is 19.6. The molecule has 0 aliphatic heterocycles. The van der Waals surface area contributed by atoms with E-state index in [9.17, 15) is 0 Å². The number of hydrogen-bond acceptors (Lipinski definition) is 5. The van der Waals surface area contributed by atoms with Gasteiger partial charge in [0.05, 0.1) is 17.6 Å². The fourth-order valence-corrected chi connectivity index (χ4v) is 5.57. The Bertz CT molecular complexity index is 1750. The van der Waals surface area contributed by atoms with Crippen LogP contribution in [0.3, 0.4) is 0 Å². The fraction of sp³-hybridized carbons (Fsp3) is 0.521. The van der Waals surface area contributed by atoms with Crippen molar-refractivity contribution in [2.45, 2.75) is 141 Å². The van der Waals surface area contributed by atoms with Gasteiger partial charge in [0.1, 0.15) is 0 Å². The highest BCUT2D eigenvalue weighted by atomic mass is 16.6. The second-order valence-electron chi connectivity index (χ2n) is 15.2. The van der Waals surface area contributed by atoms with E-state index in [-0.39, 0.29) is 7.43 Å². The number of nitrogens with zero attached hydrogens (tertiary/aromatic N) is 7. The molecule has 2 aromatic carbocycles. The predicted molar refractivity (Wildman–Crippen MR) is 246 cm³/mol. The third kappa shape index (κ3) is 23.6. The molecule has 3 aromatic heterocycles. The topological polar surface area (TPSA) is 96.6 Å². The van der Waals surface area contributed by atoms with Gasteiger partial charge < -0.3 is 0 Å². The molecule has 5 aromatic rings. The minimum absolute atomic E-state index is 0. The van der Waals surface area contributed by atoms with Gasteiger partial charge >= 0.3 is 0 Å². The van der Waals surface area contributed by atoms with Crippen molar-refractivity contribution in [1.82, 2.24) is 29.3 Å². The molecule has 0 unspecified atom stereocenters. The van der Waals surface area contributed by atoms with Crippen molar-refractivity contribution < 1.29 is 4.92 Å². The summed E-state index contributed by atoms with van der Waals surface area (Å²) in [5, 5.41) is 21.6. The molecule has 0 atom stereocenters. The molecule has 318 valence electrons. The Kier molecular flexibility index (Phi) is 29.9. The molecule has 0 bridgehead atoms. The van der Waals surface area contributed by atoms with Gasteiger partial charge in [-0.05, 0) is 92.0 Å². The van der Waals surface area contributed by atoms with Crippen LogP contribution in [0.4, 0.5) is 0 Å². The standard InChI is InChI=1S/C9H16N2.2C9H12.2C8H14N2.C3H4.CH3NO2.CH4/c1-6(2)9-7(3)10-11(5)8(9)4;2*1-8(2)9-6-4-3-5-7-9;1-6(2)8-5-10(4)9-7(8)3;1-6(2)8-5-9-10(4)7(8)3;1-3-2;1-2(3)4;/h6H,1-5H3;2*3-8H,1-2H3;2*5-6H,1-4H3;1H,2H3;1H3;1H4. The van der Waals surface area contributed by atoms with Gasteiger partial charge in [-0.2, -0.15) is 15.3 Å². The van der Waals surface area contributed by atoms with Gasteiger partial charge in [0.2, 0.25) is 0 Å². The fourth-order valence-electron chi connectivity index (χ4n) is 5.57. The first-order chi connectivity index (χ1) is 26.0. The number of benzene rings is 2. The van der Waals surface area contributed by atoms with Crippen LogP contribution in [0.2, 0.25) is 0 Å². The normalized spacial score (nSPS) is 9.74. The van der Waals surface area contributed by atoms with Crippen molar-refractivity contribution in [3.05, 3.63) is 134 Å². The highest BCUT2D eigenvalue weighted by molar-refractivity contribution is 5.27. The van der Waals surface area contributed by atoms with Crippen molar-refractivity contribution in [3.63, 3.8) is 0 Å². The molecule has 0 spiro atoms. The molecule has 57 heavy (non-hydrogen) atoms. The molecule has 0 fully saturated rings. The number of aromatic nitrogens is 6. The lowest BCUT2D eigenvalue weighted by molar-refractivity contribution is -0.445. The maximum Gasteiger partial charge on any atom is 0.194 e. The lowest BCUT2D eigenvalue weighted by Gasteiger charge is -2.04. The molecule has 5 rings (SSSR count). The maximum absolute atomic E-state index is 8.81. The Morgan fingerprint density at radius 2 is 1.02 bits per heavy atom. The lowest BCUT2D eigenvalue weighted by atomic mass is 10.0. The van der Waals surface area contributed by atoms with Crippen LogP contribution < -0.4 is 0 Å². The van der Waals surface area contributed by atoms with Crippen LogP contribution in [-0.2, 0) is 21.1 Å². The van der Waals surface area contributed by atoms with Gasteiger partial charge in [-0.1, -0.05) is 137 Å². The summed E-state index contributed by atoms with van der Waals surface area (Å²) >= 11 is 0. The summed E-state index contributed by atoms with van der Waals surface area (Å²) in [6, 6.07) is 21.0. The van der Waals surface area contributed by atoms with Crippen molar-refractivity contribution in [2.24, 2.45) is 21.1 Å². The molecular weight excluding hydrogens is 707 g/mol. The van der Waals surface area contributed by atoms with Crippen LogP contribution in [0.1, 0.15) is 164 Å². The Labute approximate surface area is 348 Å². The highest BCUT2D eigenvalue weighted by Crippen LogP contribution is 2.21. The summed E-state index contributed by atoms with van der Waals surface area (Å²) in [5.74, 6) is 5.34. The second-order valence-corrected chi connectivity index (χ2v) is 15.2. The van der Waals surface area contributed by atoms with E-state index in [1.807, 2.05) is 53.5 Å². The smallest absolute Gasteiger partial charge is 0.194 e. The summed E-state index contributed by atoms with van der Waals surface area (Å²) in [6.45, 7) is 32.0. The van der Waals surface area contributed by atoms with E-state index in [4.69, 9.17) is 10.1 Å². The predicted octanol–water partition coefficient (Wildman–Crippen LogP) is 12.7. The highest BCUT2D eigenvalue weighted by Gasteiger charge is 2.11. The minimum atomic E-state index is -0.500. The first-order valence-electron chi connectivity index (χ1n) is 19.6. The van der Waals surface area contributed by atoms with E-state index < -0.39 is 4.92 Å². The maximum atomic E-state index is 8.81. The van der Waals surface area contributed by atoms with Crippen LogP contribution in [0.15, 0.2) is 73.1 Å². The number of hydrogen-bond donors (Lipinski definition) is 0. The van der Waals surface area contributed by atoms with Crippen molar-refractivity contribution in [1.29, 1.82) is 0 Å². The Hall–Kier alpha value is -4.97. The van der Waals surface area contributed by atoms with Gasteiger partial charge in [0.25, 0.3) is 0 Å². The van der Waals surface area contributed by atoms with Crippen LogP contribution in [0, 0.1) is 50.2 Å². The molecule has 0 radical (unpaired) electrons. The zero-order valence-electron chi connectivity index (χ0n) is 38.3. The molecule has 0 aliphatic carbocycles. The van der Waals surface area contributed by atoms with E-state index in [1.165, 1.54) is 44.9 Å². The largest absolute Gasteiger partial charge is 0.275 e. The van der Waals surface area contributed by atoms with Gasteiger partial charge in [-0.25, -0.2) is 0 Å². The molecule has 0 saturated heterocycles. The van der Waals surface area contributed by atoms with Crippen molar-refractivity contribution in [2.75, 3.05) is 7.05 Å². The van der Waals surface area contributed by atoms with Gasteiger partial charge in [0.15, 0.2) is 7.05 Å². The van der Waals surface area contributed by atoms with E-state index in [1.54, 1.807) is 6.92 Å². The van der Waals surface area contributed by atoms with E-state index in [2.05, 4.69) is 179 Å². The van der Waals surface area contributed by atoms with E-state index in [0.717, 1.165) is 12.7 Å². The van der Waals surface area contributed by atoms with Crippen LogP contribution >= 0.6 is 0 Å². The third-order valence-electron chi connectivity index (χ3n) is 8.64. The average Bonchev–Trinajstić information content (AvgIpc) is 3.74. The van der Waals surface area contributed by atoms with E-state index in [0.29, 0.717) is 29.6 Å². The van der Waals surface area contributed by atoms with Crippen molar-refractivity contribution >= 4 is 0 Å². The third-order valence-corrected chi connectivity index (χ3v) is 8.64. The summed E-state index contributed by atoms with van der Waals surface area (Å²) < 4.78 is 5.73. The van der Waals surface area contributed by atoms with Crippen LogP contribution in [0.5, 0.6) is 0 Å². The van der Waals surface area contributed by atoms with Gasteiger partial charge in [-0.15, -0.1) is 12.3 Å². The van der Waals surface area contributed by atoms with Gasteiger partial charge in [-0.3, -0.25) is 24.2 Å². The molecule has 0 N–H and O–H groups in total. The summed E-state index contributed by atoms with van der Waals surface area (Å²) in [4.78, 5) is 8.31. The molecule has 0 amide bonds. The monoisotopic (exact) mass is 786 g/mol. The first kappa shape index (κ1) is 56.4. The molecule has 0 saturated carbocycles. The molecule has 9 nitrogen and oxygen atoms in total. The number of rotatable bonds is 5. The lowest BCUT2D eigenvalue weighted by Crippen LogP contribution is -1.94. The Morgan fingerprint density at radius 1 is 0.632 bits per heavy atom. The van der Waals surface area contributed by atoms with Crippen LogP contribution in [-0.4, -0.2) is 41.3 Å². The average molecular weight is 786 g/mol. The quantitative estimate of drug-likeness (QED) is 0.100. The SMILES string of the molecule is C.C#CC.CC(C)c1ccccc1.CC(C)c1ccccc1.C[N+](=O)[O-].Cc1c(C(C)C)cnn1C.Cc1nn(C)c(C)c1C(C)C.Cc1nn(C)cc1C(C)C. The summed E-state index contributed by atoms with van der Waals surface area (Å²) in [7, 11) is 6.81. The Morgan fingerprint density at radius 3 is 1.18 bits per heavy atom. The minimum Gasteiger partial charge on any atom is -0.275 e. The van der Waals surface area contributed by atoms with E-state index >= 15 is 0 Å². The zero-order valence-corrected chi connectivity index (χ0v) is 38.3. The summed E-state index contributed by atoms with van der Waals surface area (Å²) in [5.41, 5.74) is 11.8. The zero-order chi connectivity index (χ0) is 43.7. The Balaban J connectivity index is -0.000000612. The molecule has 9 heteroatoms. The number of nitro groups is 1. The molecule has 0 aliphatic rings. The number of terminal acetylenes is 1. The summed E-state index contributed by atoms with van der Waals surface area (Å²) in [6.07, 6.45) is 8.62. The number of aryl methyl sites for hydroxylation is 5. The van der Waals surface area contributed by atoms with Gasteiger partial charge in [0, 0.05) is 43.7 Å². The molecular formula is C48H79N7O2. The van der Waals surface area contributed by atoms with Crippen LogP contribution in [0.25, 0.3) is 0 Å².